The minimum atomic E-state index is -0.0423. The molecule has 0 aromatic rings. The third kappa shape index (κ3) is 5.08. The standard InChI is InChI=1S/C8H17N3O.ClH/c1-6(9)4-8(12)11-7-2-3-10-5-7;/h6-7,10H,2-5,9H2,1H3,(H,11,12);1H. The molecule has 1 rings (SSSR count). The summed E-state index contributed by atoms with van der Waals surface area (Å²) < 4.78 is 0. The molecule has 0 aliphatic carbocycles. The summed E-state index contributed by atoms with van der Waals surface area (Å²) in [7, 11) is 0. The number of carbonyl (C=O) groups excluding carboxylic acids is 1. The van der Waals surface area contributed by atoms with Crippen molar-refractivity contribution < 1.29 is 4.79 Å². The molecule has 1 saturated heterocycles. The fourth-order valence-electron chi connectivity index (χ4n) is 1.36. The number of halogens is 1. The summed E-state index contributed by atoms with van der Waals surface area (Å²) in [4.78, 5) is 11.2. The average Bonchev–Trinajstić information content (AvgIpc) is 2.37. The van der Waals surface area contributed by atoms with Gasteiger partial charge >= 0.3 is 0 Å². The highest BCUT2D eigenvalue weighted by Gasteiger charge is 2.16. The van der Waals surface area contributed by atoms with Crippen LogP contribution in [0.15, 0.2) is 0 Å². The molecule has 5 heteroatoms. The third-order valence-electron chi connectivity index (χ3n) is 1.93. The Hall–Kier alpha value is -0.320. The van der Waals surface area contributed by atoms with Crippen molar-refractivity contribution in [1.82, 2.24) is 10.6 Å². The maximum atomic E-state index is 11.2. The maximum absolute atomic E-state index is 11.2. The second-order valence-electron chi connectivity index (χ2n) is 3.44. The fourth-order valence-corrected chi connectivity index (χ4v) is 1.36. The molecule has 0 aromatic heterocycles. The molecule has 0 spiro atoms. The molecule has 78 valence electrons. The van der Waals surface area contributed by atoms with Crippen molar-refractivity contribution in [2.45, 2.75) is 31.8 Å². The first-order valence-corrected chi connectivity index (χ1v) is 4.44. The highest BCUT2D eigenvalue weighted by Crippen LogP contribution is 1.97. The van der Waals surface area contributed by atoms with Gasteiger partial charge in [-0.3, -0.25) is 4.79 Å². The third-order valence-corrected chi connectivity index (χ3v) is 1.93. The van der Waals surface area contributed by atoms with Gasteiger partial charge in [-0.2, -0.15) is 0 Å². The van der Waals surface area contributed by atoms with Gasteiger partial charge < -0.3 is 16.4 Å². The average molecular weight is 208 g/mol. The summed E-state index contributed by atoms with van der Waals surface area (Å²) in [6.07, 6.45) is 1.46. The minimum Gasteiger partial charge on any atom is -0.352 e. The molecular formula is C8H18ClN3O. The van der Waals surface area contributed by atoms with Gasteiger partial charge in [0.15, 0.2) is 0 Å². The molecule has 1 fully saturated rings. The second kappa shape index (κ2) is 6.18. The van der Waals surface area contributed by atoms with Crippen LogP contribution in [0.4, 0.5) is 0 Å². The largest absolute Gasteiger partial charge is 0.352 e. The van der Waals surface area contributed by atoms with E-state index in [1.54, 1.807) is 0 Å². The maximum Gasteiger partial charge on any atom is 0.221 e. The first kappa shape index (κ1) is 12.7. The Morgan fingerprint density at radius 1 is 1.77 bits per heavy atom. The number of nitrogens with two attached hydrogens (primary N) is 1. The molecule has 1 heterocycles. The Morgan fingerprint density at radius 2 is 2.46 bits per heavy atom. The zero-order valence-electron chi connectivity index (χ0n) is 7.88. The van der Waals surface area contributed by atoms with E-state index in [-0.39, 0.29) is 24.4 Å². The highest BCUT2D eigenvalue weighted by molar-refractivity contribution is 5.85. The monoisotopic (exact) mass is 207 g/mol. The van der Waals surface area contributed by atoms with Crippen LogP contribution in [-0.4, -0.2) is 31.1 Å². The Morgan fingerprint density at radius 3 is 2.92 bits per heavy atom. The van der Waals surface area contributed by atoms with E-state index >= 15 is 0 Å². The van der Waals surface area contributed by atoms with E-state index in [1.807, 2.05) is 6.92 Å². The summed E-state index contributed by atoms with van der Waals surface area (Å²) in [6.45, 7) is 3.74. The quantitative estimate of drug-likeness (QED) is 0.592. The molecule has 2 unspecified atom stereocenters. The van der Waals surface area contributed by atoms with Crippen molar-refractivity contribution in [2.24, 2.45) is 5.73 Å². The van der Waals surface area contributed by atoms with Crippen LogP contribution in [0, 0.1) is 0 Å². The van der Waals surface area contributed by atoms with Crippen LogP contribution in [0.25, 0.3) is 0 Å². The van der Waals surface area contributed by atoms with E-state index in [1.165, 1.54) is 0 Å². The van der Waals surface area contributed by atoms with Crippen molar-refractivity contribution in [3.63, 3.8) is 0 Å². The van der Waals surface area contributed by atoms with Gasteiger partial charge in [-0.25, -0.2) is 0 Å². The van der Waals surface area contributed by atoms with Crippen LogP contribution in [0.2, 0.25) is 0 Å². The van der Waals surface area contributed by atoms with Gasteiger partial charge in [-0.1, -0.05) is 0 Å². The number of carbonyl (C=O) groups is 1. The van der Waals surface area contributed by atoms with E-state index in [0.717, 1.165) is 19.5 Å². The van der Waals surface area contributed by atoms with E-state index in [9.17, 15) is 4.79 Å². The van der Waals surface area contributed by atoms with Crippen LogP contribution in [0.5, 0.6) is 0 Å². The number of amides is 1. The summed E-state index contributed by atoms with van der Waals surface area (Å²) in [5, 5.41) is 6.11. The molecule has 0 saturated carbocycles. The number of hydrogen-bond donors (Lipinski definition) is 3. The van der Waals surface area contributed by atoms with E-state index in [0.29, 0.717) is 12.5 Å². The van der Waals surface area contributed by atoms with Crippen molar-refractivity contribution in [3.8, 4) is 0 Å². The fraction of sp³-hybridized carbons (Fsp3) is 0.875. The Bertz CT molecular complexity index is 157. The number of hydrogen-bond acceptors (Lipinski definition) is 3. The van der Waals surface area contributed by atoms with Crippen LogP contribution in [0.3, 0.4) is 0 Å². The topological polar surface area (TPSA) is 67.2 Å². The lowest BCUT2D eigenvalue weighted by Crippen LogP contribution is -2.38. The first-order chi connectivity index (χ1) is 5.68. The van der Waals surface area contributed by atoms with Crippen molar-refractivity contribution in [2.75, 3.05) is 13.1 Å². The smallest absolute Gasteiger partial charge is 0.221 e. The van der Waals surface area contributed by atoms with Crippen LogP contribution < -0.4 is 16.4 Å². The molecule has 13 heavy (non-hydrogen) atoms. The summed E-state index contributed by atoms with van der Waals surface area (Å²) in [5.41, 5.74) is 5.49. The SMILES string of the molecule is CC(N)CC(=O)NC1CCNC1.Cl. The van der Waals surface area contributed by atoms with Gasteiger partial charge in [0.1, 0.15) is 0 Å². The van der Waals surface area contributed by atoms with Gasteiger partial charge in [0.05, 0.1) is 0 Å². The Kier molecular flexibility index (Phi) is 6.03. The molecule has 0 aromatic carbocycles. The molecule has 4 nitrogen and oxygen atoms in total. The van der Waals surface area contributed by atoms with E-state index in [4.69, 9.17) is 5.73 Å². The zero-order valence-corrected chi connectivity index (χ0v) is 8.69. The minimum absolute atomic E-state index is 0. The second-order valence-corrected chi connectivity index (χ2v) is 3.44. The van der Waals surface area contributed by atoms with Crippen molar-refractivity contribution in [1.29, 1.82) is 0 Å². The van der Waals surface area contributed by atoms with Crippen LogP contribution in [-0.2, 0) is 4.79 Å². The zero-order chi connectivity index (χ0) is 8.97. The van der Waals surface area contributed by atoms with Crippen LogP contribution in [0.1, 0.15) is 19.8 Å². The Balaban J connectivity index is 0.00000144. The molecular weight excluding hydrogens is 190 g/mol. The number of rotatable bonds is 3. The molecule has 0 radical (unpaired) electrons. The predicted octanol–water partition coefficient (Wildman–Crippen LogP) is -0.376. The lowest BCUT2D eigenvalue weighted by molar-refractivity contribution is -0.121. The summed E-state index contributed by atoms with van der Waals surface area (Å²) in [6, 6.07) is 0.274. The molecule has 1 aliphatic rings. The van der Waals surface area contributed by atoms with Gasteiger partial charge in [-0.15, -0.1) is 12.4 Å². The van der Waals surface area contributed by atoms with Gasteiger partial charge in [0, 0.05) is 25.0 Å². The van der Waals surface area contributed by atoms with Gasteiger partial charge in [-0.05, 0) is 19.9 Å². The lowest BCUT2D eigenvalue weighted by atomic mass is 10.2. The molecule has 0 bridgehead atoms. The Labute approximate surface area is 85.0 Å². The summed E-state index contributed by atoms with van der Waals surface area (Å²) >= 11 is 0. The highest BCUT2D eigenvalue weighted by atomic mass is 35.5. The molecule has 4 N–H and O–H groups in total. The van der Waals surface area contributed by atoms with Crippen LogP contribution >= 0.6 is 12.4 Å². The number of nitrogens with one attached hydrogen (secondary N) is 2. The molecule has 1 aliphatic heterocycles. The normalized spacial score (nSPS) is 23.4. The molecule has 1 amide bonds. The summed E-state index contributed by atoms with van der Waals surface area (Å²) in [5.74, 6) is 0.0682. The predicted molar refractivity (Wildman–Crippen MR) is 54.9 cm³/mol. The van der Waals surface area contributed by atoms with E-state index < -0.39 is 0 Å². The lowest BCUT2D eigenvalue weighted by Gasteiger charge is -2.12. The van der Waals surface area contributed by atoms with Gasteiger partial charge in [0.25, 0.3) is 0 Å². The van der Waals surface area contributed by atoms with Crippen molar-refractivity contribution in [3.05, 3.63) is 0 Å². The van der Waals surface area contributed by atoms with E-state index in [2.05, 4.69) is 10.6 Å². The molecule has 2 atom stereocenters. The van der Waals surface area contributed by atoms with Gasteiger partial charge in [0.2, 0.25) is 5.91 Å². The van der Waals surface area contributed by atoms with Crippen molar-refractivity contribution >= 4 is 18.3 Å². The first-order valence-electron chi connectivity index (χ1n) is 4.44.